The van der Waals surface area contributed by atoms with Crippen molar-refractivity contribution in [2.75, 3.05) is 12.4 Å². The van der Waals surface area contributed by atoms with Crippen LogP contribution in [-0.2, 0) is 10.0 Å². The molecule has 0 unspecified atom stereocenters. The highest BCUT2D eigenvalue weighted by atomic mass is 79.9. The monoisotopic (exact) mass is 305 g/mol. The van der Waals surface area contributed by atoms with Crippen molar-refractivity contribution in [3.05, 3.63) is 16.7 Å². The maximum absolute atomic E-state index is 12.0. The number of hydrogen-bond acceptors (Lipinski definition) is 4. The molecule has 1 aliphatic carbocycles. The van der Waals surface area contributed by atoms with E-state index in [4.69, 9.17) is 0 Å². The molecule has 0 aliphatic heterocycles. The molecule has 1 heterocycles. The zero-order valence-electron chi connectivity index (χ0n) is 8.70. The van der Waals surface area contributed by atoms with Crippen molar-refractivity contribution in [2.24, 2.45) is 0 Å². The molecule has 1 fully saturated rings. The number of halogens is 1. The van der Waals surface area contributed by atoms with Gasteiger partial charge in [-0.25, -0.2) is 18.1 Å². The van der Waals surface area contributed by atoms with Gasteiger partial charge in [-0.3, -0.25) is 0 Å². The Balaban J connectivity index is 2.40. The quantitative estimate of drug-likeness (QED) is 0.880. The van der Waals surface area contributed by atoms with Crippen molar-refractivity contribution in [3.63, 3.8) is 0 Å². The summed E-state index contributed by atoms with van der Waals surface area (Å²) in [6.07, 6.45) is 3.38. The molecule has 1 aliphatic rings. The lowest BCUT2D eigenvalue weighted by Crippen LogP contribution is -2.26. The first-order valence-corrected chi connectivity index (χ1v) is 7.16. The van der Waals surface area contributed by atoms with Crippen LogP contribution in [0.2, 0.25) is 0 Å². The molecule has 16 heavy (non-hydrogen) atoms. The van der Waals surface area contributed by atoms with E-state index in [0.717, 1.165) is 12.8 Å². The van der Waals surface area contributed by atoms with E-state index in [1.54, 1.807) is 19.3 Å². The van der Waals surface area contributed by atoms with Crippen LogP contribution in [0.1, 0.15) is 12.8 Å². The highest BCUT2D eigenvalue weighted by Crippen LogP contribution is 2.26. The van der Waals surface area contributed by atoms with Crippen LogP contribution < -0.4 is 10.0 Å². The van der Waals surface area contributed by atoms with Gasteiger partial charge in [0.2, 0.25) is 10.0 Å². The molecule has 0 radical (unpaired) electrons. The zero-order chi connectivity index (χ0) is 11.8. The number of pyridine rings is 1. The molecule has 2 rings (SSSR count). The van der Waals surface area contributed by atoms with Crippen molar-refractivity contribution >= 4 is 31.8 Å². The van der Waals surface area contributed by atoms with Gasteiger partial charge in [0.05, 0.1) is 0 Å². The van der Waals surface area contributed by atoms with Crippen LogP contribution in [0, 0.1) is 0 Å². The molecule has 0 bridgehead atoms. The van der Waals surface area contributed by atoms with E-state index >= 15 is 0 Å². The average molecular weight is 306 g/mol. The lowest BCUT2D eigenvalue weighted by molar-refractivity contribution is 0.581. The Morgan fingerprint density at radius 3 is 2.75 bits per heavy atom. The summed E-state index contributed by atoms with van der Waals surface area (Å²) in [5.41, 5.74) is 0. The Kier molecular flexibility index (Phi) is 3.18. The topological polar surface area (TPSA) is 71.1 Å². The molecule has 7 heteroatoms. The van der Waals surface area contributed by atoms with Crippen molar-refractivity contribution in [3.8, 4) is 0 Å². The van der Waals surface area contributed by atoms with Crippen molar-refractivity contribution in [2.45, 2.75) is 23.8 Å². The predicted octanol–water partition coefficient (Wildman–Crippen LogP) is 1.33. The van der Waals surface area contributed by atoms with Crippen molar-refractivity contribution in [1.29, 1.82) is 0 Å². The summed E-state index contributed by atoms with van der Waals surface area (Å²) < 4.78 is 27.3. The predicted molar refractivity (Wildman–Crippen MR) is 64.8 cm³/mol. The number of sulfonamides is 1. The fourth-order valence-electron chi connectivity index (χ4n) is 1.30. The number of rotatable bonds is 4. The summed E-state index contributed by atoms with van der Waals surface area (Å²) in [5, 5.41) is 2.77. The smallest absolute Gasteiger partial charge is 0.244 e. The van der Waals surface area contributed by atoms with E-state index < -0.39 is 10.0 Å². The van der Waals surface area contributed by atoms with Gasteiger partial charge in [-0.1, -0.05) is 0 Å². The van der Waals surface area contributed by atoms with Crippen LogP contribution in [0.5, 0.6) is 0 Å². The maximum atomic E-state index is 12.0. The van der Waals surface area contributed by atoms with Crippen molar-refractivity contribution in [1.82, 2.24) is 9.71 Å². The largest absolute Gasteiger partial charge is 0.372 e. The first kappa shape index (κ1) is 11.8. The van der Waals surface area contributed by atoms with Crippen LogP contribution in [-0.4, -0.2) is 26.5 Å². The third-order valence-electron chi connectivity index (χ3n) is 2.24. The van der Waals surface area contributed by atoms with Gasteiger partial charge in [0.1, 0.15) is 10.7 Å². The lowest BCUT2D eigenvalue weighted by Gasteiger charge is -2.10. The molecule has 0 saturated heterocycles. The van der Waals surface area contributed by atoms with E-state index in [0.29, 0.717) is 10.3 Å². The van der Waals surface area contributed by atoms with Gasteiger partial charge in [-0.05, 0) is 34.8 Å². The van der Waals surface area contributed by atoms with E-state index in [1.165, 1.54) is 0 Å². The van der Waals surface area contributed by atoms with E-state index in [1.807, 2.05) is 0 Å². The van der Waals surface area contributed by atoms with Gasteiger partial charge >= 0.3 is 0 Å². The number of nitrogens with zero attached hydrogens (tertiary/aromatic N) is 1. The summed E-state index contributed by atoms with van der Waals surface area (Å²) in [6, 6.07) is 1.64. The van der Waals surface area contributed by atoms with Gasteiger partial charge in [-0.15, -0.1) is 0 Å². The standard InChI is InChI=1S/C9H12BrN3O2S/c1-11-9-8(4-6(10)5-12-9)16(14,15)13-7-2-3-7/h4-5,7,13H,2-3H2,1H3,(H,11,12). The fraction of sp³-hybridized carbons (Fsp3) is 0.444. The second-order valence-electron chi connectivity index (χ2n) is 3.65. The van der Waals surface area contributed by atoms with Crippen LogP contribution in [0.3, 0.4) is 0 Å². The highest BCUT2D eigenvalue weighted by Gasteiger charge is 2.29. The molecule has 88 valence electrons. The third kappa shape index (κ3) is 2.53. The average Bonchev–Trinajstić information content (AvgIpc) is 3.01. The van der Waals surface area contributed by atoms with Crippen LogP contribution in [0.25, 0.3) is 0 Å². The van der Waals surface area contributed by atoms with Gasteiger partial charge in [-0.2, -0.15) is 0 Å². The normalized spacial score (nSPS) is 16.1. The molecule has 1 saturated carbocycles. The van der Waals surface area contributed by atoms with Crippen LogP contribution in [0.15, 0.2) is 21.6 Å². The van der Waals surface area contributed by atoms with Crippen molar-refractivity contribution < 1.29 is 8.42 Å². The second-order valence-corrected chi connectivity index (χ2v) is 6.24. The maximum Gasteiger partial charge on any atom is 0.244 e. The zero-order valence-corrected chi connectivity index (χ0v) is 11.1. The molecule has 2 N–H and O–H groups in total. The first-order valence-electron chi connectivity index (χ1n) is 4.88. The Morgan fingerprint density at radius 2 is 2.19 bits per heavy atom. The molecule has 0 atom stereocenters. The molecule has 0 amide bonds. The summed E-state index contributed by atoms with van der Waals surface area (Å²) in [4.78, 5) is 4.19. The summed E-state index contributed by atoms with van der Waals surface area (Å²) in [6.45, 7) is 0. The summed E-state index contributed by atoms with van der Waals surface area (Å²) in [7, 11) is -1.82. The number of nitrogens with one attached hydrogen (secondary N) is 2. The number of aromatic nitrogens is 1. The highest BCUT2D eigenvalue weighted by molar-refractivity contribution is 9.10. The molecule has 1 aromatic rings. The van der Waals surface area contributed by atoms with Gasteiger partial charge < -0.3 is 5.32 Å². The minimum absolute atomic E-state index is 0.0914. The van der Waals surface area contributed by atoms with Crippen LogP contribution in [0.4, 0.5) is 5.82 Å². The molecule has 1 aromatic heterocycles. The number of anilines is 1. The molecular formula is C9H12BrN3O2S. The van der Waals surface area contributed by atoms with Crippen LogP contribution >= 0.6 is 15.9 Å². The van der Waals surface area contributed by atoms with E-state index in [9.17, 15) is 8.42 Å². The minimum atomic E-state index is -3.47. The van der Waals surface area contributed by atoms with E-state index in [-0.39, 0.29) is 10.9 Å². The summed E-state index contributed by atoms with van der Waals surface area (Å²) in [5.74, 6) is 0.358. The summed E-state index contributed by atoms with van der Waals surface area (Å²) >= 11 is 3.22. The molecule has 0 spiro atoms. The Morgan fingerprint density at radius 1 is 1.50 bits per heavy atom. The minimum Gasteiger partial charge on any atom is -0.372 e. The van der Waals surface area contributed by atoms with E-state index in [2.05, 4.69) is 31.0 Å². The van der Waals surface area contributed by atoms with Gasteiger partial charge in [0.15, 0.2) is 0 Å². The Labute approximate surface area is 103 Å². The molecule has 0 aromatic carbocycles. The second kappa shape index (κ2) is 4.31. The molecule has 5 nitrogen and oxygen atoms in total. The SMILES string of the molecule is CNc1ncc(Br)cc1S(=O)(=O)NC1CC1. The third-order valence-corrected chi connectivity index (χ3v) is 4.21. The molecular weight excluding hydrogens is 294 g/mol. The Hall–Kier alpha value is -0.660. The Bertz CT molecular complexity index is 499. The van der Waals surface area contributed by atoms with Gasteiger partial charge in [0, 0.05) is 23.8 Å². The first-order chi connectivity index (χ1) is 7.53. The fourth-order valence-corrected chi connectivity index (χ4v) is 3.27. The van der Waals surface area contributed by atoms with Gasteiger partial charge in [0.25, 0.3) is 0 Å². The number of hydrogen-bond donors (Lipinski definition) is 2. The lowest BCUT2D eigenvalue weighted by atomic mass is 10.4.